The molecule has 1 fully saturated rings. The van der Waals surface area contributed by atoms with Crippen molar-refractivity contribution in [2.24, 2.45) is 0 Å². The van der Waals surface area contributed by atoms with Crippen molar-refractivity contribution in [2.75, 3.05) is 11.1 Å². The number of thioether (sulfide) groups is 1. The van der Waals surface area contributed by atoms with Crippen molar-refractivity contribution in [1.82, 2.24) is 19.7 Å². The number of nitrogens with one attached hydrogen (secondary N) is 2. The maximum Gasteiger partial charge on any atom is 0.236 e. The van der Waals surface area contributed by atoms with Gasteiger partial charge in [-0.15, -0.1) is 5.10 Å². The summed E-state index contributed by atoms with van der Waals surface area (Å²) >= 11 is 1.30. The van der Waals surface area contributed by atoms with Crippen molar-refractivity contribution in [2.45, 2.75) is 50.6 Å². The van der Waals surface area contributed by atoms with E-state index in [1.807, 2.05) is 48.7 Å². The van der Waals surface area contributed by atoms with Crippen LogP contribution in [0.1, 0.15) is 54.2 Å². The number of hydrogen-bond acceptors (Lipinski definition) is 5. The van der Waals surface area contributed by atoms with Gasteiger partial charge in [0.2, 0.25) is 11.1 Å². The molecule has 154 valence electrons. The van der Waals surface area contributed by atoms with E-state index < -0.39 is 0 Å². The Morgan fingerprint density at radius 1 is 1.30 bits per heavy atom. The largest absolute Gasteiger partial charge is 0.310 e. The molecule has 8 heteroatoms. The van der Waals surface area contributed by atoms with Crippen LogP contribution in [0.25, 0.3) is 5.69 Å². The summed E-state index contributed by atoms with van der Waals surface area (Å²) in [5.74, 6) is 1.86. The van der Waals surface area contributed by atoms with Crippen LogP contribution in [0.4, 0.5) is 5.82 Å². The van der Waals surface area contributed by atoms with Crippen LogP contribution in [0, 0.1) is 25.2 Å². The summed E-state index contributed by atoms with van der Waals surface area (Å²) in [7, 11) is 0. The van der Waals surface area contributed by atoms with Crippen LogP contribution in [-0.2, 0) is 4.79 Å². The highest BCUT2D eigenvalue weighted by Crippen LogP contribution is 2.33. The molecule has 0 atom stereocenters. The van der Waals surface area contributed by atoms with E-state index in [0.29, 0.717) is 22.5 Å². The lowest BCUT2D eigenvalue weighted by Crippen LogP contribution is -2.17. The highest BCUT2D eigenvalue weighted by molar-refractivity contribution is 7.99. The summed E-state index contributed by atoms with van der Waals surface area (Å²) in [6, 6.07) is 11.9. The van der Waals surface area contributed by atoms with Gasteiger partial charge in [-0.2, -0.15) is 5.26 Å². The van der Waals surface area contributed by atoms with Crippen LogP contribution >= 0.6 is 11.8 Å². The Morgan fingerprint density at radius 3 is 2.73 bits per heavy atom. The van der Waals surface area contributed by atoms with Crippen molar-refractivity contribution >= 4 is 23.5 Å². The second kappa shape index (κ2) is 8.76. The van der Waals surface area contributed by atoms with Crippen LogP contribution in [0.5, 0.6) is 0 Å². The van der Waals surface area contributed by atoms with E-state index >= 15 is 0 Å². The number of para-hydroxylation sites is 1. The molecule has 2 heterocycles. The van der Waals surface area contributed by atoms with E-state index in [1.165, 1.54) is 24.6 Å². The number of amides is 1. The smallest absolute Gasteiger partial charge is 0.236 e. The molecule has 2 N–H and O–H groups in total. The minimum absolute atomic E-state index is 0.172. The van der Waals surface area contributed by atoms with Crippen molar-refractivity contribution in [3.63, 3.8) is 0 Å². The van der Waals surface area contributed by atoms with E-state index in [9.17, 15) is 10.1 Å². The van der Waals surface area contributed by atoms with Gasteiger partial charge in [0, 0.05) is 17.3 Å². The van der Waals surface area contributed by atoms with Gasteiger partial charge in [0.05, 0.1) is 11.3 Å². The Morgan fingerprint density at radius 2 is 2.03 bits per heavy atom. The van der Waals surface area contributed by atoms with Crippen LogP contribution in [0.2, 0.25) is 0 Å². The highest BCUT2D eigenvalue weighted by Gasteiger charge is 2.22. The first-order valence-electron chi connectivity index (χ1n) is 10.1. The van der Waals surface area contributed by atoms with Gasteiger partial charge in [-0.3, -0.25) is 14.5 Å². The van der Waals surface area contributed by atoms with Crippen LogP contribution in [-0.4, -0.2) is 31.4 Å². The topological polar surface area (TPSA) is 99.4 Å². The average molecular weight is 421 g/mol. The maximum atomic E-state index is 12.7. The Balaban J connectivity index is 1.49. The molecule has 2 aromatic heterocycles. The lowest BCUT2D eigenvalue weighted by Gasteiger charge is -2.13. The Labute approximate surface area is 179 Å². The van der Waals surface area contributed by atoms with Gasteiger partial charge >= 0.3 is 0 Å². The number of rotatable bonds is 6. The average Bonchev–Trinajstić information content (AvgIpc) is 3.48. The monoisotopic (exact) mass is 420 g/mol. The maximum absolute atomic E-state index is 12.7. The minimum Gasteiger partial charge on any atom is -0.310 e. The molecule has 0 saturated heterocycles. The third-order valence-corrected chi connectivity index (χ3v) is 6.50. The molecule has 0 bridgehead atoms. The van der Waals surface area contributed by atoms with Gasteiger partial charge in [-0.05, 0) is 44.4 Å². The number of nitrogens with zero attached hydrogens (tertiary/aromatic N) is 4. The third-order valence-electron chi connectivity index (χ3n) is 5.65. The minimum atomic E-state index is -0.196. The molecule has 0 radical (unpaired) electrons. The summed E-state index contributed by atoms with van der Waals surface area (Å²) in [4.78, 5) is 17.2. The number of benzene rings is 1. The highest BCUT2D eigenvalue weighted by atomic mass is 32.2. The number of hydrogen-bond donors (Lipinski definition) is 2. The fourth-order valence-electron chi connectivity index (χ4n) is 3.96. The number of H-pyrrole nitrogens is 1. The van der Waals surface area contributed by atoms with Crippen molar-refractivity contribution in [3.8, 4) is 11.8 Å². The summed E-state index contributed by atoms with van der Waals surface area (Å²) in [5, 5.41) is 20.5. The zero-order valence-electron chi connectivity index (χ0n) is 17.1. The predicted molar refractivity (Wildman–Crippen MR) is 117 cm³/mol. The number of nitriles is 1. The molecule has 1 amide bonds. The van der Waals surface area contributed by atoms with Crippen molar-refractivity contribution in [3.05, 3.63) is 53.0 Å². The first kappa shape index (κ1) is 20.2. The number of carbonyl (C=O) groups is 1. The fraction of sp³-hybridized carbons (Fsp3) is 0.364. The molecular weight excluding hydrogens is 396 g/mol. The summed E-state index contributed by atoms with van der Waals surface area (Å²) in [6.45, 7) is 3.85. The van der Waals surface area contributed by atoms with E-state index in [2.05, 4.69) is 26.6 Å². The Hall–Kier alpha value is -3.05. The predicted octanol–water partition coefficient (Wildman–Crippen LogP) is 4.47. The van der Waals surface area contributed by atoms with Gasteiger partial charge in [-0.25, -0.2) is 4.98 Å². The molecule has 1 aromatic carbocycles. The Bertz CT molecular complexity index is 1090. The molecule has 0 spiro atoms. The molecule has 3 aromatic rings. The molecule has 1 aliphatic rings. The summed E-state index contributed by atoms with van der Waals surface area (Å²) < 4.78 is 1.92. The zero-order valence-corrected chi connectivity index (χ0v) is 17.9. The second-order valence-electron chi connectivity index (χ2n) is 7.54. The van der Waals surface area contributed by atoms with Gasteiger partial charge in [0.15, 0.2) is 0 Å². The molecule has 30 heavy (non-hydrogen) atoms. The second-order valence-corrected chi connectivity index (χ2v) is 8.48. The van der Waals surface area contributed by atoms with Crippen LogP contribution in [0.15, 0.2) is 35.5 Å². The first-order chi connectivity index (χ1) is 14.6. The van der Waals surface area contributed by atoms with E-state index in [1.54, 1.807) is 0 Å². The number of aromatic nitrogens is 4. The van der Waals surface area contributed by atoms with Gasteiger partial charge in [0.1, 0.15) is 17.7 Å². The standard InChI is InChI=1S/C22H24N6OS/c1-14-15(2)28(17-10-4-3-5-11-17)21(18(14)12-23)24-19(29)13-30-22-25-20(26-27-22)16-8-6-7-9-16/h3-5,10-11,16H,6-9,13H2,1-2H3,(H,24,29)(H,25,26,27). The van der Waals surface area contributed by atoms with Crippen molar-refractivity contribution < 1.29 is 4.79 Å². The van der Waals surface area contributed by atoms with Gasteiger partial charge < -0.3 is 5.32 Å². The summed E-state index contributed by atoms with van der Waals surface area (Å²) in [6.07, 6.45) is 4.76. The quantitative estimate of drug-likeness (QED) is 0.573. The summed E-state index contributed by atoms with van der Waals surface area (Å²) in [5.41, 5.74) is 3.17. The first-order valence-corrected chi connectivity index (χ1v) is 11.1. The van der Waals surface area contributed by atoms with Crippen LogP contribution < -0.4 is 5.32 Å². The van der Waals surface area contributed by atoms with Gasteiger partial charge in [0.25, 0.3) is 0 Å². The molecule has 1 saturated carbocycles. The third kappa shape index (κ3) is 3.98. The molecule has 1 aliphatic carbocycles. The van der Waals surface area contributed by atoms with E-state index in [-0.39, 0.29) is 11.7 Å². The number of anilines is 1. The van der Waals surface area contributed by atoms with E-state index in [4.69, 9.17) is 0 Å². The van der Waals surface area contributed by atoms with Crippen molar-refractivity contribution in [1.29, 1.82) is 5.26 Å². The molecule has 0 aliphatic heterocycles. The molecule has 4 rings (SSSR count). The van der Waals surface area contributed by atoms with E-state index in [0.717, 1.165) is 35.6 Å². The molecule has 7 nitrogen and oxygen atoms in total. The lowest BCUT2D eigenvalue weighted by molar-refractivity contribution is -0.113. The SMILES string of the molecule is Cc1c(C#N)c(NC(=O)CSc2n[nH]c(C3CCCC3)n2)n(-c2ccccc2)c1C. The molecule has 0 unspecified atom stereocenters. The molecular formula is C22H24N6OS. The Kier molecular flexibility index (Phi) is 5.91. The fourth-order valence-corrected chi connectivity index (χ4v) is 4.57. The zero-order chi connectivity index (χ0) is 21.1. The normalized spacial score (nSPS) is 14.0. The lowest BCUT2D eigenvalue weighted by atomic mass is 10.1. The number of aromatic amines is 1. The number of carbonyl (C=O) groups excluding carboxylic acids is 1. The van der Waals surface area contributed by atoms with Gasteiger partial charge in [-0.1, -0.05) is 42.8 Å². The van der Waals surface area contributed by atoms with Crippen LogP contribution in [0.3, 0.4) is 0 Å².